The molecule has 3 heteroatoms. The second kappa shape index (κ2) is 5.28. The molecular weight excluding hydrogens is 198 g/mol. The molecule has 1 aromatic heterocycles. The number of rotatable bonds is 5. The Labute approximate surface area is 95.4 Å². The van der Waals surface area contributed by atoms with Gasteiger partial charge in [0.2, 0.25) is 0 Å². The summed E-state index contributed by atoms with van der Waals surface area (Å²) >= 11 is 0. The minimum atomic E-state index is 0.837. The lowest BCUT2D eigenvalue weighted by atomic mass is 10.2. The van der Waals surface area contributed by atoms with Crippen molar-refractivity contribution < 1.29 is 0 Å². The summed E-state index contributed by atoms with van der Waals surface area (Å²) in [6.45, 7) is 5.37. The van der Waals surface area contributed by atoms with Crippen molar-refractivity contribution >= 4 is 0 Å². The molecule has 16 heavy (non-hydrogen) atoms. The first kappa shape index (κ1) is 10.6. The van der Waals surface area contributed by atoms with Gasteiger partial charge in [-0.1, -0.05) is 18.2 Å². The Hall–Kier alpha value is -1.87. The summed E-state index contributed by atoms with van der Waals surface area (Å²) in [5, 5.41) is 3.27. The summed E-state index contributed by atoms with van der Waals surface area (Å²) in [7, 11) is 0. The second-order valence-corrected chi connectivity index (χ2v) is 3.56. The van der Waals surface area contributed by atoms with E-state index in [2.05, 4.69) is 41.1 Å². The van der Waals surface area contributed by atoms with Crippen molar-refractivity contribution in [3.63, 3.8) is 0 Å². The molecule has 0 fully saturated rings. The van der Waals surface area contributed by atoms with Crippen LogP contribution in [0.15, 0.2) is 55.6 Å². The Morgan fingerprint density at radius 3 is 2.75 bits per heavy atom. The fraction of sp³-hybridized carbons (Fsp3) is 0.154. The van der Waals surface area contributed by atoms with Gasteiger partial charge >= 0.3 is 0 Å². The summed E-state index contributed by atoms with van der Waals surface area (Å²) < 4.78 is 1.99. The van der Waals surface area contributed by atoms with Crippen LogP contribution in [-0.4, -0.2) is 16.1 Å². The molecule has 0 spiro atoms. The molecule has 0 saturated heterocycles. The Bertz CT molecular complexity index is 429. The van der Waals surface area contributed by atoms with Crippen LogP contribution in [0.5, 0.6) is 0 Å². The van der Waals surface area contributed by atoms with Crippen LogP contribution in [0.2, 0.25) is 0 Å². The van der Waals surface area contributed by atoms with Gasteiger partial charge in [0.25, 0.3) is 0 Å². The van der Waals surface area contributed by atoms with Gasteiger partial charge in [-0.25, -0.2) is 4.98 Å². The van der Waals surface area contributed by atoms with E-state index in [-0.39, 0.29) is 0 Å². The van der Waals surface area contributed by atoms with Crippen molar-refractivity contribution in [2.75, 3.05) is 6.54 Å². The molecule has 82 valence electrons. The fourth-order valence-corrected chi connectivity index (χ4v) is 1.52. The van der Waals surface area contributed by atoms with Gasteiger partial charge in [0.15, 0.2) is 0 Å². The number of benzene rings is 1. The molecule has 0 bridgehead atoms. The van der Waals surface area contributed by atoms with Crippen molar-refractivity contribution in [2.45, 2.75) is 6.54 Å². The van der Waals surface area contributed by atoms with E-state index in [9.17, 15) is 0 Å². The monoisotopic (exact) mass is 213 g/mol. The van der Waals surface area contributed by atoms with Crippen molar-refractivity contribution in [1.82, 2.24) is 14.9 Å². The van der Waals surface area contributed by atoms with Crippen LogP contribution in [0.3, 0.4) is 0 Å². The van der Waals surface area contributed by atoms with Crippen LogP contribution in [0, 0.1) is 0 Å². The predicted octanol–water partition coefficient (Wildman–Crippen LogP) is 2.15. The summed E-state index contributed by atoms with van der Waals surface area (Å²) in [5.74, 6) is 0. The second-order valence-electron chi connectivity index (χ2n) is 3.56. The van der Waals surface area contributed by atoms with Crippen molar-refractivity contribution in [2.24, 2.45) is 0 Å². The lowest BCUT2D eigenvalue weighted by molar-refractivity contribution is 0.760. The topological polar surface area (TPSA) is 29.9 Å². The molecular formula is C13H15N3. The number of aromatic nitrogens is 2. The highest BCUT2D eigenvalue weighted by atomic mass is 15.0. The van der Waals surface area contributed by atoms with Crippen LogP contribution in [0.4, 0.5) is 0 Å². The maximum absolute atomic E-state index is 4.02. The van der Waals surface area contributed by atoms with E-state index in [1.54, 1.807) is 12.5 Å². The number of nitrogens with one attached hydrogen (secondary N) is 1. The van der Waals surface area contributed by atoms with E-state index in [1.807, 2.05) is 16.8 Å². The average molecular weight is 213 g/mol. The molecule has 0 aliphatic heterocycles. The van der Waals surface area contributed by atoms with Gasteiger partial charge in [0, 0.05) is 31.2 Å². The SMILES string of the molecule is C=CCNCc1ccc(-n2ccnc2)cc1. The standard InChI is InChI=1S/C13H15N3/c1-2-7-14-10-12-3-5-13(6-4-12)16-9-8-15-11-16/h2-6,8-9,11,14H,1,7,10H2. The van der Waals surface area contributed by atoms with Gasteiger partial charge in [-0.05, 0) is 17.7 Å². The minimum Gasteiger partial charge on any atom is -0.309 e. The minimum absolute atomic E-state index is 0.837. The largest absolute Gasteiger partial charge is 0.309 e. The quantitative estimate of drug-likeness (QED) is 0.609. The molecule has 0 saturated carbocycles. The molecule has 1 aromatic carbocycles. The van der Waals surface area contributed by atoms with Crippen LogP contribution in [0.25, 0.3) is 5.69 Å². The van der Waals surface area contributed by atoms with E-state index in [1.165, 1.54) is 5.56 Å². The Kier molecular flexibility index (Phi) is 3.51. The maximum atomic E-state index is 4.02. The maximum Gasteiger partial charge on any atom is 0.0991 e. The molecule has 2 rings (SSSR count). The third kappa shape index (κ3) is 2.58. The molecule has 3 nitrogen and oxygen atoms in total. The van der Waals surface area contributed by atoms with E-state index in [4.69, 9.17) is 0 Å². The highest BCUT2D eigenvalue weighted by Crippen LogP contribution is 2.08. The van der Waals surface area contributed by atoms with Crippen LogP contribution in [-0.2, 0) is 6.54 Å². The van der Waals surface area contributed by atoms with Crippen LogP contribution >= 0.6 is 0 Å². The summed E-state index contributed by atoms with van der Waals surface area (Å²) in [6, 6.07) is 8.41. The van der Waals surface area contributed by atoms with Gasteiger partial charge in [-0.2, -0.15) is 0 Å². The average Bonchev–Trinajstić information content (AvgIpc) is 2.84. The molecule has 0 unspecified atom stereocenters. The zero-order chi connectivity index (χ0) is 11.2. The molecule has 0 aliphatic carbocycles. The number of hydrogen-bond acceptors (Lipinski definition) is 2. The molecule has 0 aliphatic rings. The van der Waals surface area contributed by atoms with Crippen LogP contribution in [0.1, 0.15) is 5.56 Å². The third-order valence-electron chi connectivity index (χ3n) is 2.36. The predicted molar refractivity (Wildman–Crippen MR) is 65.5 cm³/mol. The molecule has 2 aromatic rings. The zero-order valence-corrected chi connectivity index (χ0v) is 9.13. The lowest BCUT2D eigenvalue weighted by Gasteiger charge is -2.05. The van der Waals surface area contributed by atoms with Crippen LogP contribution < -0.4 is 5.32 Å². The Balaban J connectivity index is 2.02. The molecule has 1 N–H and O–H groups in total. The van der Waals surface area contributed by atoms with Gasteiger partial charge in [-0.15, -0.1) is 6.58 Å². The fourth-order valence-electron chi connectivity index (χ4n) is 1.52. The van der Waals surface area contributed by atoms with Crippen molar-refractivity contribution in [3.05, 3.63) is 61.2 Å². The number of imidazole rings is 1. The van der Waals surface area contributed by atoms with Crippen molar-refractivity contribution in [3.8, 4) is 5.69 Å². The number of nitrogens with zero attached hydrogens (tertiary/aromatic N) is 2. The molecule has 0 radical (unpaired) electrons. The van der Waals surface area contributed by atoms with Gasteiger partial charge in [-0.3, -0.25) is 0 Å². The smallest absolute Gasteiger partial charge is 0.0991 e. The van der Waals surface area contributed by atoms with E-state index in [0.29, 0.717) is 0 Å². The Morgan fingerprint density at radius 1 is 1.31 bits per heavy atom. The molecule has 0 atom stereocenters. The first-order valence-corrected chi connectivity index (χ1v) is 5.29. The number of hydrogen-bond donors (Lipinski definition) is 1. The normalized spacial score (nSPS) is 10.2. The molecule has 0 amide bonds. The lowest BCUT2D eigenvalue weighted by Crippen LogP contribution is -2.12. The highest BCUT2D eigenvalue weighted by Gasteiger charge is 1.95. The summed E-state index contributed by atoms with van der Waals surface area (Å²) in [4.78, 5) is 4.02. The van der Waals surface area contributed by atoms with Gasteiger partial charge in [0.1, 0.15) is 0 Å². The molecule has 1 heterocycles. The first-order chi connectivity index (χ1) is 7.90. The third-order valence-corrected chi connectivity index (χ3v) is 2.36. The van der Waals surface area contributed by atoms with E-state index in [0.717, 1.165) is 18.8 Å². The van der Waals surface area contributed by atoms with Gasteiger partial charge in [0.05, 0.1) is 6.33 Å². The van der Waals surface area contributed by atoms with Gasteiger partial charge < -0.3 is 9.88 Å². The highest BCUT2D eigenvalue weighted by molar-refractivity contribution is 5.34. The van der Waals surface area contributed by atoms with E-state index < -0.39 is 0 Å². The Morgan fingerprint density at radius 2 is 2.12 bits per heavy atom. The van der Waals surface area contributed by atoms with Crippen molar-refractivity contribution in [1.29, 1.82) is 0 Å². The zero-order valence-electron chi connectivity index (χ0n) is 9.13. The van der Waals surface area contributed by atoms with E-state index >= 15 is 0 Å². The first-order valence-electron chi connectivity index (χ1n) is 5.29. The summed E-state index contributed by atoms with van der Waals surface area (Å²) in [6.07, 6.45) is 7.37. The summed E-state index contributed by atoms with van der Waals surface area (Å²) in [5.41, 5.74) is 2.40.